The van der Waals surface area contributed by atoms with E-state index < -0.39 is 15.8 Å². The van der Waals surface area contributed by atoms with Gasteiger partial charge in [-0.15, -0.1) is 11.3 Å². The molecule has 1 unspecified atom stereocenters. The first-order valence-corrected chi connectivity index (χ1v) is 11.7. The second kappa shape index (κ2) is 7.53. The number of nitrogens with one attached hydrogen (secondary N) is 1. The van der Waals surface area contributed by atoms with Crippen LogP contribution in [-0.4, -0.2) is 41.7 Å². The Morgan fingerprint density at radius 1 is 1.21 bits per heavy atom. The number of sulfonamides is 1. The van der Waals surface area contributed by atoms with Crippen molar-refractivity contribution in [1.29, 1.82) is 0 Å². The molecule has 0 spiro atoms. The van der Waals surface area contributed by atoms with Crippen LogP contribution in [0.1, 0.15) is 47.5 Å². The highest BCUT2D eigenvalue weighted by atomic mass is 32.2. The van der Waals surface area contributed by atoms with Crippen molar-refractivity contribution in [3.05, 3.63) is 46.2 Å². The number of aryl methyl sites for hydroxylation is 1. The fraction of sp³-hybridized carbons (Fsp3) is 0.474. The first-order valence-electron chi connectivity index (χ1n) is 9.36. The maximum atomic E-state index is 13.2. The lowest BCUT2D eigenvalue weighted by molar-refractivity contribution is 0.0799. The third kappa shape index (κ3) is 3.58. The lowest BCUT2D eigenvalue weighted by atomic mass is 9.84. The summed E-state index contributed by atoms with van der Waals surface area (Å²) < 4.78 is 41.2. The summed E-state index contributed by atoms with van der Waals surface area (Å²) in [5.41, 5.74) is 2.36. The molecule has 1 aromatic heterocycles. The number of carbonyl (C=O) groups is 1. The second-order valence-electron chi connectivity index (χ2n) is 7.44. The van der Waals surface area contributed by atoms with Gasteiger partial charge < -0.3 is 5.32 Å². The molecule has 2 aliphatic heterocycles. The Balaban J connectivity index is 1.53. The van der Waals surface area contributed by atoms with E-state index in [-0.39, 0.29) is 28.9 Å². The Morgan fingerprint density at radius 2 is 1.86 bits per heavy atom. The Labute approximate surface area is 167 Å². The van der Waals surface area contributed by atoms with Crippen molar-refractivity contribution >= 4 is 27.3 Å². The molecule has 150 valence electrons. The van der Waals surface area contributed by atoms with Gasteiger partial charge in [0.15, 0.2) is 0 Å². The van der Waals surface area contributed by atoms with Gasteiger partial charge in [0.2, 0.25) is 10.0 Å². The van der Waals surface area contributed by atoms with Crippen LogP contribution in [0.4, 0.5) is 4.39 Å². The average molecular weight is 424 g/mol. The van der Waals surface area contributed by atoms with Crippen LogP contribution in [0.2, 0.25) is 0 Å². The number of aromatic nitrogens is 1. The van der Waals surface area contributed by atoms with Crippen molar-refractivity contribution in [3.63, 3.8) is 0 Å². The van der Waals surface area contributed by atoms with E-state index in [1.165, 1.54) is 35.6 Å². The standard InChI is InChI=1S/C19H22FN3O3S2/c1-12-18(27-11-21-12)19(24)22-14-9-15-3-2-4-16(10-14)23(15)28(25,26)17-7-5-13(20)6-8-17/h5-8,11,14-16H,2-4,9-10H2,1H3,(H,22,24)/t14?,15-,16+. The van der Waals surface area contributed by atoms with Crippen molar-refractivity contribution in [1.82, 2.24) is 14.6 Å². The number of piperidine rings is 2. The van der Waals surface area contributed by atoms with Gasteiger partial charge in [-0.05, 0) is 56.9 Å². The topological polar surface area (TPSA) is 79.4 Å². The van der Waals surface area contributed by atoms with Crippen LogP contribution >= 0.6 is 11.3 Å². The van der Waals surface area contributed by atoms with Crippen LogP contribution in [0.15, 0.2) is 34.7 Å². The van der Waals surface area contributed by atoms with E-state index in [0.29, 0.717) is 23.4 Å². The molecule has 2 fully saturated rings. The molecule has 2 aliphatic rings. The lowest BCUT2D eigenvalue weighted by Gasteiger charge is -2.47. The second-order valence-corrected chi connectivity index (χ2v) is 10.1. The molecular formula is C19H22FN3O3S2. The highest BCUT2D eigenvalue weighted by molar-refractivity contribution is 7.89. The molecule has 28 heavy (non-hydrogen) atoms. The molecule has 1 amide bonds. The van der Waals surface area contributed by atoms with Crippen molar-refractivity contribution in [2.24, 2.45) is 0 Å². The number of fused-ring (bicyclic) bond motifs is 2. The molecule has 2 aromatic rings. The maximum absolute atomic E-state index is 13.2. The number of rotatable bonds is 4. The average Bonchev–Trinajstić information content (AvgIpc) is 3.07. The highest BCUT2D eigenvalue weighted by Crippen LogP contribution is 2.38. The number of amides is 1. The molecule has 0 radical (unpaired) electrons. The van der Waals surface area contributed by atoms with Crippen molar-refractivity contribution in [2.75, 3.05) is 0 Å². The molecule has 0 saturated carbocycles. The SMILES string of the molecule is Cc1ncsc1C(=O)NC1C[C@H]2CCC[C@@H](C1)N2S(=O)(=O)c1ccc(F)cc1. The van der Waals surface area contributed by atoms with Crippen molar-refractivity contribution in [3.8, 4) is 0 Å². The molecule has 4 rings (SSSR count). The van der Waals surface area contributed by atoms with Gasteiger partial charge in [0, 0.05) is 18.1 Å². The van der Waals surface area contributed by atoms with Gasteiger partial charge in [-0.25, -0.2) is 17.8 Å². The van der Waals surface area contributed by atoms with Gasteiger partial charge in [-0.3, -0.25) is 4.79 Å². The van der Waals surface area contributed by atoms with E-state index >= 15 is 0 Å². The Bertz CT molecular complexity index is 961. The molecule has 3 atom stereocenters. The van der Waals surface area contributed by atoms with Crippen molar-refractivity contribution < 1.29 is 17.6 Å². The summed E-state index contributed by atoms with van der Waals surface area (Å²) in [7, 11) is -3.69. The van der Waals surface area contributed by atoms with Gasteiger partial charge >= 0.3 is 0 Å². The fourth-order valence-corrected chi connectivity index (χ4v) is 6.94. The van der Waals surface area contributed by atoms with Gasteiger partial charge in [0.1, 0.15) is 10.7 Å². The Hall–Kier alpha value is -1.84. The van der Waals surface area contributed by atoms with E-state index in [0.717, 1.165) is 19.3 Å². The molecule has 9 heteroatoms. The summed E-state index contributed by atoms with van der Waals surface area (Å²) in [5, 5.41) is 3.07. The minimum atomic E-state index is -3.69. The highest BCUT2D eigenvalue weighted by Gasteiger charge is 2.45. The molecule has 2 saturated heterocycles. The molecule has 2 bridgehead atoms. The normalized spacial score (nSPS) is 25.4. The van der Waals surface area contributed by atoms with E-state index in [1.54, 1.807) is 16.7 Å². The zero-order chi connectivity index (χ0) is 19.9. The fourth-order valence-electron chi connectivity index (χ4n) is 4.35. The monoisotopic (exact) mass is 423 g/mol. The van der Waals surface area contributed by atoms with Crippen molar-refractivity contribution in [2.45, 2.75) is 62.0 Å². The van der Waals surface area contributed by atoms with Crippen LogP contribution in [0.3, 0.4) is 0 Å². The maximum Gasteiger partial charge on any atom is 0.263 e. The number of carbonyl (C=O) groups excluding carboxylic acids is 1. The number of thiazole rings is 1. The number of hydrogen-bond acceptors (Lipinski definition) is 5. The zero-order valence-electron chi connectivity index (χ0n) is 15.5. The lowest BCUT2D eigenvalue weighted by Crippen LogP contribution is -2.58. The number of hydrogen-bond donors (Lipinski definition) is 1. The van der Waals surface area contributed by atoms with Gasteiger partial charge in [-0.1, -0.05) is 6.42 Å². The predicted molar refractivity (Wildman–Crippen MR) is 104 cm³/mol. The van der Waals surface area contributed by atoms with E-state index in [2.05, 4.69) is 10.3 Å². The Morgan fingerprint density at radius 3 is 2.43 bits per heavy atom. The summed E-state index contributed by atoms with van der Waals surface area (Å²) in [6.07, 6.45) is 3.67. The minimum Gasteiger partial charge on any atom is -0.348 e. The third-order valence-electron chi connectivity index (χ3n) is 5.58. The zero-order valence-corrected chi connectivity index (χ0v) is 17.1. The van der Waals surface area contributed by atoms with Crippen LogP contribution in [0.5, 0.6) is 0 Å². The summed E-state index contributed by atoms with van der Waals surface area (Å²) in [6, 6.07) is 4.61. The van der Waals surface area contributed by atoms with Crippen LogP contribution in [0, 0.1) is 12.7 Å². The van der Waals surface area contributed by atoms with Crippen LogP contribution in [0.25, 0.3) is 0 Å². The Kier molecular flexibility index (Phi) is 5.24. The van der Waals surface area contributed by atoms with Crippen LogP contribution in [-0.2, 0) is 10.0 Å². The predicted octanol–water partition coefficient (Wildman–Crippen LogP) is 3.09. The number of nitrogens with zero attached hydrogens (tertiary/aromatic N) is 2. The van der Waals surface area contributed by atoms with Crippen LogP contribution < -0.4 is 5.32 Å². The van der Waals surface area contributed by atoms with E-state index in [1.807, 2.05) is 0 Å². The van der Waals surface area contributed by atoms with Gasteiger partial charge in [0.25, 0.3) is 5.91 Å². The van der Waals surface area contributed by atoms with Gasteiger partial charge in [0.05, 0.1) is 16.1 Å². The van der Waals surface area contributed by atoms with E-state index in [4.69, 9.17) is 0 Å². The third-order valence-corrected chi connectivity index (χ3v) is 8.53. The molecule has 0 aliphatic carbocycles. The molecule has 1 N–H and O–H groups in total. The summed E-state index contributed by atoms with van der Waals surface area (Å²) >= 11 is 1.31. The summed E-state index contributed by atoms with van der Waals surface area (Å²) in [4.78, 5) is 17.4. The molecule has 1 aromatic carbocycles. The van der Waals surface area contributed by atoms with Gasteiger partial charge in [-0.2, -0.15) is 4.31 Å². The largest absolute Gasteiger partial charge is 0.348 e. The number of benzene rings is 1. The quantitative estimate of drug-likeness (QED) is 0.820. The first-order chi connectivity index (χ1) is 13.4. The summed E-state index contributed by atoms with van der Waals surface area (Å²) in [5.74, 6) is -0.600. The number of halogens is 1. The molecular weight excluding hydrogens is 401 g/mol. The minimum absolute atomic E-state index is 0.0658. The smallest absolute Gasteiger partial charge is 0.263 e. The molecule has 3 heterocycles. The summed E-state index contributed by atoms with van der Waals surface area (Å²) in [6.45, 7) is 1.80. The first kappa shape index (κ1) is 19.5. The molecule has 6 nitrogen and oxygen atoms in total. The van der Waals surface area contributed by atoms with E-state index in [9.17, 15) is 17.6 Å².